The van der Waals surface area contributed by atoms with Gasteiger partial charge < -0.3 is 9.67 Å². The first-order valence-corrected chi connectivity index (χ1v) is 10.8. The summed E-state index contributed by atoms with van der Waals surface area (Å²) in [5, 5.41) is 9.44. The quantitative estimate of drug-likeness (QED) is 0.431. The van der Waals surface area contributed by atoms with Crippen LogP contribution in [-0.4, -0.2) is 26.4 Å². The Bertz CT molecular complexity index is 1150. The van der Waals surface area contributed by atoms with Crippen molar-refractivity contribution < 1.29 is 9.90 Å². The van der Waals surface area contributed by atoms with E-state index in [-0.39, 0.29) is 0 Å². The molecule has 5 heteroatoms. The maximum atomic E-state index is 11.5. The van der Waals surface area contributed by atoms with Crippen LogP contribution in [0.4, 0.5) is 0 Å². The summed E-state index contributed by atoms with van der Waals surface area (Å²) >= 11 is 1.87. The van der Waals surface area contributed by atoms with E-state index in [1.807, 2.05) is 48.2 Å². The molecule has 0 unspecified atom stereocenters. The highest BCUT2D eigenvalue weighted by Crippen LogP contribution is 2.26. The molecule has 1 N–H and O–H groups in total. The van der Waals surface area contributed by atoms with Crippen LogP contribution in [0.25, 0.3) is 22.2 Å². The van der Waals surface area contributed by atoms with Gasteiger partial charge in [-0.15, -0.1) is 0 Å². The number of aromatic nitrogens is 2. The van der Waals surface area contributed by atoms with E-state index in [0.717, 1.165) is 51.6 Å². The van der Waals surface area contributed by atoms with Crippen molar-refractivity contribution in [3.05, 3.63) is 89.7 Å². The van der Waals surface area contributed by atoms with Crippen LogP contribution in [0, 0.1) is 0 Å². The number of benzene rings is 3. The molecule has 0 saturated carbocycles. The van der Waals surface area contributed by atoms with E-state index < -0.39 is 5.97 Å². The van der Waals surface area contributed by atoms with Gasteiger partial charge in [-0.2, -0.15) is 11.8 Å². The zero-order valence-corrected chi connectivity index (χ0v) is 17.0. The Kier molecular flexibility index (Phi) is 5.67. The molecule has 1 heterocycles. The first-order chi connectivity index (χ1) is 14.2. The summed E-state index contributed by atoms with van der Waals surface area (Å²) < 4.78 is 2.28. The van der Waals surface area contributed by atoms with Gasteiger partial charge in [-0.3, -0.25) is 0 Å². The van der Waals surface area contributed by atoms with Crippen molar-refractivity contribution in [3.8, 4) is 11.1 Å². The van der Waals surface area contributed by atoms with E-state index in [1.54, 1.807) is 12.1 Å². The van der Waals surface area contributed by atoms with Crippen LogP contribution in [-0.2, 0) is 12.3 Å². The van der Waals surface area contributed by atoms with E-state index >= 15 is 0 Å². The summed E-state index contributed by atoms with van der Waals surface area (Å²) in [6.07, 6.45) is 0. The molecule has 3 aromatic carbocycles. The topological polar surface area (TPSA) is 55.1 Å². The Labute approximate surface area is 174 Å². The van der Waals surface area contributed by atoms with Gasteiger partial charge in [-0.1, -0.05) is 61.5 Å². The van der Waals surface area contributed by atoms with Crippen LogP contribution >= 0.6 is 11.8 Å². The van der Waals surface area contributed by atoms with E-state index in [4.69, 9.17) is 4.98 Å². The highest BCUT2D eigenvalue weighted by molar-refractivity contribution is 7.98. The highest BCUT2D eigenvalue weighted by Gasteiger charge is 2.13. The number of thioether (sulfide) groups is 1. The third-order valence-electron chi connectivity index (χ3n) is 4.93. The van der Waals surface area contributed by atoms with Crippen molar-refractivity contribution in [2.45, 2.75) is 19.2 Å². The zero-order chi connectivity index (χ0) is 20.2. The number of rotatable bonds is 7. The van der Waals surface area contributed by atoms with Crippen LogP contribution < -0.4 is 0 Å². The molecule has 29 heavy (non-hydrogen) atoms. The lowest BCUT2D eigenvalue weighted by Gasteiger charge is -2.11. The van der Waals surface area contributed by atoms with Crippen LogP contribution in [0.2, 0.25) is 0 Å². The van der Waals surface area contributed by atoms with Gasteiger partial charge in [0.2, 0.25) is 0 Å². The van der Waals surface area contributed by atoms with Crippen molar-refractivity contribution in [1.29, 1.82) is 0 Å². The van der Waals surface area contributed by atoms with Crippen LogP contribution in [0.5, 0.6) is 0 Å². The van der Waals surface area contributed by atoms with Crippen LogP contribution in [0.1, 0.15) is 28.7 Å². The Morgan fingerprint density at radius 2 is 1.72 bits per heavy atom. The number of aromatic carboxylic acids is 1. The van der Waals surface area contributed by atoms with Gasteiger partial charge in [0.25, 0.3) is 0 Å². The summed E-state index contributed by atoms with van der Waals surface area (Å²) in [4.78, 5) is 16.3. The smallest absolute Gasteiger partial charge is 0.336 e. The number of imidazole rings is 1. The van der Waals surface area contributed by atoms with Crippen molar-refractivity contribution in [1.82, 2.24) is 9.55 Å². The fourth-order valence-electron chi connectivity index (χ4n) is 3.50. The molecule has 0 fully saturated rings. The molecule has 0 bridgehead atoms. The molecule has 0 aliphatic heterocycles. The monoisotopic (exact) mass is 402 g/mol. The van der Waals surface area contributed by atoms with Gasteiger partial charge in [0.15, 0.2) is 0 Å². The second kappa shape index (κ2) is 8.53. The van der Waals surface area contributed by atoms with Crippen LogP contribution in [0.3, 0.4) is 0 Å². The number of nitrogens with zero attached hydrogens (tertiary/aromatic N) is 2. The largest absolute Gasteiger partial charge is 0.478 e. The van der Waals surface area contributed by atoms with E-state index in [1.165, 1.54) is 0 Å². The molecule has 0 atom stereocenters. The maximum absolute atomic E-state index is 11.5. The predicted molar refractivity (Wildman–Crippen MR) is 120 cm³/mol. The van der Waals surface area contributed by atoms with Crippen molar-refractivity contribution in [3.63, 3.8) is 0 Å². The average Bonchev–Trinajstić information content (AvgIpc) is 3.10. The van der Waals surface area contributed by atoms with E-state index in [2.05, 4.69) is 35.8 Å². The van der Waals surface area contributed by atoms with Gasteiger partial charge in [-0.25, -0.2) is 9.78 Å². The molecular weight excluding hydrogens is 380 g/mol. The molecule has 0 aliphatic rings. The minimum Gasteiger partial charge on any atom is -0.478 e. The summed E-state index contributed by atoms with van der Waals surface area (Å²) in [7, 11) is 0. The second-order valence-electron chi connectivity index (χ2n) is 6.79. The molecule has 146 valence electrons. The summed E-state index contributed by atoms with van der Waals surface area (Å²) in [6, 6.07) is 23.5. The summed E-state index contributed by atoms with van der Waals surface area (Å²) in [5.41, 5.74) is 5.28. The van der Waals surface area contributed by atoms with Gasteiger partial charge in [-0.05, 0) is 40.6 Å². The fourth-order valence-corrected chi connectivity index (χ4v) is 4.11. The predicted octanol–water partition coefficient (Wildman–Crippen LogP) is 5.70. The number of carbonyl (C=O) groups is 1. The zero-order valence-electron chi connectivity index (χ0n) is 16.2. The third-order valence-corrected chi connectivity index (χ3v) is 5.80. The first-order valence-electron chi connectivity index (χ1n) is 9.61. The third kappa shape index (κ3) is 4.05. The molecule has 1 aromatic heterocycles. The first kappa shape index (κ1) is 19.3. The van der Waals surface area contributed by atoms with Crippen molar-refractivity contribution >= 4 is 28.8 Å². The molecule has 4 nitrogen and oxygen atoms in total. The number of para-hydroxylation sites is 2. The van der Waals surface area contributed by atoms with Gasteiger partial charge in [0.1, 0.15) is 5.82 Å². The lowest BCUT2D eigenvalue weighted by atomic mass is 9.99. The lowest BCUT2D eigenvalue weighted by molar-refractivity contribution is 0.0697. The van der Waals surface area contributed by atoms with Gasteiger partial charge in [0, 0.05) is 6.54 Å². The number of carboxylic acid groups (broad SMARTS) is 1. The number of hydrogen-bond donors (Lipinski definition) is 1. The Morgan fingerprint density at radius 3 is 2.48 bits per heavy atom. The fraction of sp³-hybridized carbons (Fsp3) is 0.167. The SMILES string of the molecule is CCSCc1nc2ccccc2n1Cc1ccc(-c2ccccc2C(=O)O)cc1. The highest BCUT2D eigenvalue weighted by atomic mass is 32.2. The molecule has 0 amide bonds. The summed E-state index contributed by atoms with van der Waals surface area (Å²) in [5.74, 6) is 2.11. The average molecular weight is 403 g/mol. The second-order valence-corrected chi connectivity index (χ2v) is 8.06. The van der Waals surface area contributed by atoms with E-state index in [0.29, 0.717) is 5.56 Å². The molecular formula is C24H22N2O2S. The normalized spacial score (nSPS) is 11.1. The van der Waals surface area contributed by atoms with Crippen LogP contribution in [0.15, 0.2) is 72.8 Å². The molecule has 4 aromatic rings. The van der Waals surface area contributed by atoms with Crippen molar-refractivity contribution in [2.75, 3.05) is 5.75 Å². The Morgan fingerprint density at radius 1 is 1.00 bits per heavy atom. The minimum absolute atomic E-state index is 0.319. The van der Waals surface area contributed by atoms with Crippen molar-refractivity contribution in [2.24, 2.45) is 0 Å². The minimum atomic E-state index is -0.910. The molecule has 0 radical (unpaired) electrons. The molecule has 0 spiro atoms. The lowest BCUT2D eigenvalue weighted by Crippen LogP contribution is -2.04. The standard InChI is InChI=1S/C24H22N2O2S/c1-2-29-16-23-25-21-9-5-6-10-22(21)26(23)15-17-11-13-18(14-12-17)19-7-3-4-8-20(19)24(27)28/h3-14H,2,15-16H2,1H3,(H,27,28). The molecule has 4 rings (SSSR count). The number of fused-ring (bicyclic) bond motifs is 1. The van der Waals surface area contributed by atoms with Gasteiger partial charge >= 0.3 is 5.97 Å². The number of carboxylic acids is 1. The van der Waals surface area contributed by atoms with Gasteiger partial charge in [0.05, 0.1) is 22.3 Å². The molecule has 0 aliphatic carbocycles. The maximum Gasteiger partial charge on any atom is 0.336 e. The summed E-state index contributed by atoms with van der Waals surface area (Å²) in [6.45, 7) is 2.90. The Hall–Kier alpha value is -3.05. The molecule has 0 saturated heterocycles. The Balaban J connectivity index is 1.66. The number of hydrogen-bond acceptors (Lipinski definition) is 3. The van der Waals surface area contributed by atoms with E-state index in [9.17, 15) is 9.90 Å².